The van der Waals surface area contributed by atoms with Crippen molar-refractivity contribution in [3.63, 3.8) is 0 Å². The predicted octanol–water partition coefficient (Wildman–Crippen LogP) is 3.10. The molecule has 0 atom stereocenters. The van der Waals surface area contributed by atoms with Crippen molar-refractivity contribution in [2.24, 2.45) is 0 Å². The van der Waals surface area contributed by atoms with Gasteiger partial charge in [-0.25, -0.2) is 4.98 Å². The lowest BCUT2D eigenvalue weighted by atomic mass is 9.79. The summed E-state index contributed by atoms with van der Waals surface area (Å²) < 4.78 is 14.4. The predicted molar refractivity (Wildman–Crippen MR) is 93.5 cm³/mol. The van der Waals surface area contributed by atoms with Crippen LogP contribution in [0, 0.1) is 20.8 Å². The summed E-state index contributed by atoms with van der Waals surface area (Å²) in [6.45, 7) is 14.5. The molecule has 0 radical (unpaired) electrons. The van der Waals surface area contributed by atoms with Gasteiger partial charge in [-0.3, -0.25) is 0 Å². The molecule has 4 nitrogen and oxygen atoms in total. The van der Waals surface area contributed by atoms with E-state index in [-0.39, 0.29) is 18.3 Å². The summed E-state index contributed by atoms with van der Waals surface area (Å²) in [7, 11) is -0.319. The molecule has 0 amide bonds. The zero-order valence-electron chi connectivity index (χ0n) is 15.1. The van der Waals surface area contributed by atoms with Crippen molar-refractivity contribution in [3.8, 4) is 5.69 Å². The minimum atomic E-state index is -0.319. The molecule has 1 fully saturated rings. The largest absolute Gasteiger partial charge is 0.494 e. The first kappa shape index (κ1) is 16.3. The Kier molecular flexibility index (Phi) is 3.69. The number of imidazole rings is 1. The highest BCUT2D eigenvalue weighted by Crippen LogP contribution is 2.36. The second-order valence-electron chi connectivity index (χ2n) is 7.35. The van der Waals surface area contributed by atoms with Crippen LogP contribution >= 0.6 is 0 Å². The molecule has 1 aliphatic heterocycles. The van der Waals surface area contributed by atoms with E-state index < -0.39 is 0 Å². The van der Waals surface area contributed by atoms with Crippen molar-refractivity contribution in [2.75, 3.05) is 0 Å². The Labute approximate surface area is 139 Å². The number of hydrogen-bond acceptors (Lipinski definition) is 3. The minimum absolute atomic E-state index is 0.315. The van der Waals surface area contributed by atoms with E-state index >= 15 is 0 Å². The van der Waals surface area contributed by atoms with Gasteiger partial charge in [-0.15, -0.1) is 0 Å². The SMILES string of the molecule is Cc1nc(C)n(-c2ccc(B3OC(C)(C)C(C)(C)O3)cc2)c1C. The summed E-state index contributed by atoms with van der Waals surface area (Å²) in [6.07, 6.45) is 0. The third kappa shape index (κ3) is 2.62. The van der Waals surface area contributed by atoms with Gasteiger partial charge in [-0.2, -0.15) is 0 Å². The van der Waals surface area contributed by atoms with E-state index in [9.17, 15) is 0 Å². The third-order valence-electron chi connectivity index (χ3n) is 5.19. The Morgan fingerprint density at radius 3 is 1.87 bits per heavy atom. The maximum atomic E-state index is 6.11. The lowest BCUT2D eigenvalue weighted by molar-refractivity contribution is 0.00578. The molecule has 0 bridgehead atoms. The van der Waals surface area contributed by atoms with Gasteiger partial charge in [-0.1, -0.05) is 12.1 Å². The summed E-state index contributed by atoms with van der Waals surface area (Å²) in [5, 5.41) is 0. The lowest BCUT2D eigenvalue weighted by Crippen LogP contribution is -2.41. The normalized spacial score (nSPS) is 19.3. The number of aryl methyl sites for hydroxylation is 2. The second-order valence-corrected chi connectivity index (χ2v) is 7.35. The fourth-order valence-corrected chi connectivity index (χ4v) is 2.92. The van der Waals surface area contributed by atoms with Crippen LogP contribution in [0.5, 0.6) is 0 Å². The number of aromatic nitrogens is 2. The van der Waals surface area contributed by atoms with E-state index in [1.54, 1.807) is 0 Å². The standard InChI is InChI=1S/C18H25BN2O2/c1-12-13(2)21(14(3)20-12)16-10-8-15(9-11-16)19-22-17(4,5)18(6,7)23-19/h8-11H,1-7H3. The molecular formula is C18H25BN2O2. The number of rotatable bonds is 2. The minimum Gasteiger partial charge on any atom is -0.399 e. The average Bonchev–Trinajstić information content (AvgIpc) is 2.83. The first-order chi connectivity index (χ1) is 10.6. The molecule has 23 heavy (non-hydrogen) atoms. The van der Waals surface area contributed by atoms with Crippen LogP contribution in [0.1, 0.15) is 44.9 Å². The van der Waals surface area contributed by atoms with Gasteiger partial charge in [0.15, 0.2) is 0 Å². The van der Waals surface area contributed by atoms with Crippen molar-refractivity contribution in [3.05, 3.63) is 41.5 Å². The second kappa shape index (κ2) is 5.21. The van der Waals surface area contributed by atoms with Crippen molar-refractivity contribution in [1.82, 2.24) is 9.55 Å². The van der Waals surface area contributed by atoms with Crippen molar-refractivity contribution in [2.45, 2.75) is 59.7 Å². The van der Waals surface area contributed by atoms with Gasteiger partial charge in [0, 0.05) is 11.4 Å². The zero-order valence-corrected chi connectivity index (χ0v) is 15.1. The Hall–Kier alpha value is -1.59. The molecule has 1 aromatic carbocycles. The molecule has 0 N–H and O–H groups in total. The molecule has 1 saturated heterocycles. The molecule has 1 aliphatic rings. The number of nitrogens with zero attached hydrogens (tertiary/aromatic N) is 2. The summed E-state index contributed by atoms with van der Waals surface area (Å²) in [6, 6.07) is 8.35. The topological polar surface area (TPSA) is 36.3 Å². The maximum Gasteiger partial charge on any atom is 0.494 e. The molecule has 1 aromatic heterocycles. The fraction of sp³-hybridized carbons (Fsp3) is 0.500. The summed E-state index contributed by atoms with van der Waals surface area (Å²) in [5.74, 6) is 1.00. The first-order valence-electron chi connectivity index (χ1n) is 8.11. The Morgan fingerprint density at radius 2 is 1.43 bits per heavy atom. The molecular weight excluding hydrogens is 287 g/mol. The van der Waals surface area contributed by atoms with Crippen LogP contribution in [0.2, 0.25) is 0 Å². The van der Waals surface area contributed by atoms with E-state index in [1.807, 2.05) is 13.8 Å². The molecule has 3 rings (SSSR count). The molecule has 0 unspecified atom stereocenters. The van der Waals surface area contributed by atoms with E-state index in [4.69, 9.17) is 9.31 Å². The molecule has 0 saturated carbocycles. The average molecular weight is 312 g/mol. The van der Waals surface area contributed by atoms with Crippen molar-refractivity contribution < 1.29 is 9.31 Å². The van der Waals surface area contributed by atoms with Crippen LogP contribution in [-0.2, 0) is 9.31 Å². The molecule has 122 valence electrons. The quantitative estimate of drug-likeness (QED) is 0.800. The van der Waals surface area contributed by atoms with Crippen LogP contribution in [0.15, 0.2) is 24.3 Å². The third-order valence-corrected chi connectivity index (χ3v) is 5.19. The van der Waals surface area contributed by atoms with Gasteiger partial charge >= 0.3 is 7.12 Å². The Balaban J connectivity index is 1.89. The van der Waals surface area contributed by atoms with Gasteiger partial charge in [-0.05, 0) is 66.1 Å². The van der Waals surface area contributed by atoms with Gasteiger partial charge < -0.3 is 13.9 Å². The highest BCUT2D eigenvalue weighted by atomic mass is 16.7. The van der Waals surface area contributed by atoms with E-state index in [0.29, 0.717) is 0 Å². The fourth-order valence-electron chi connectivity index (χ4n) is 2.92. The van der Waals surface area contributed by atoms with Gasteiger partial charge in [0.1, 0.15) is 5.82 Å². The van der Waals surface area contributed by atoms with E-state index in [1.165, 1.54) is 5.69 Å². The summed E-state index contributed by atoms with van der Waals surface area (Å²) >= 11 is 0. The number of hydrogen-bond donors (Lipinski definition) is 0. The highest BCUT2D eigenvalue weighted by Gasteiger charge is 2.51. The highest BCUT2D eigenvalue weighted by molar-refractivity contribution is 6.62. The van der Waals surface area contributed by atoms with Crippen LogP contribution in [0.25, 0.3) is 5.69 Å². The summed E-state index contributed by atoms with van der Waals surface area (Å²) in [5.41, 5.74) is 3.76. The Bertz CT molecular complexity index is 716. The Morgan fingerprint density at radius 1 is 0.913 bits per heavy atom. The van der Waals surface area contributed by atoms with Crippen LogP contribution in [-0.4, -0.2) is 27.9 Å². The van der Waals surface area contributed by atoms with Gasteiger partial charge in [0.2, 0.25) is 0 Å². The smallest absolute Gasteiger partial charge is 0.399 e. The zero-order chi connectivity index (χ0) is 17.0. The van der Waals surface area contributed by atoms with Crippen LogP contribution < -0.4 is 5.46 Å². The first-order valence-corrected chi connectivity index (χ1v) is 8.11. The van der Waals surface area contributed by atoms with E-state index in [0.717, 1.165) is 22.7 Å². The van der Waals surface area contributed by atoms with Crippen molar-refractivity contribution in [1.29, 1.82) is 0 Å². The number of benzene rings is 1. The van der Waals surface area contributed by atoms with Crippen molar-refractivity contribution >= 4 is 12.6 Å². The molecule has 5 heteroatoms. The molecule has 2 heterocycles. The maximum absolute atomic E-state index is 6.11. The molecule has 0 aliphatic carbocycles. The van der Waals surface area contributed by atoms with E-state index in [2.05, 4.69) is 68.4 Å². The molecule has 0 spiro atoms. The lowest BCUT2D eigenvalue weighted by Gasteiger charge is -2.32. The van der Waals surface area contributed by atoms with Crippen LogP contribution in [0.4, 0.5) is 0 Å². The summed E-state index contributed by atoms with van der Waals surface area (Å²) in [4.78, 5) is 4.54. The van der Waals surface area contributed by atoms with Gasteiger partial charge in [0.25, 0.3) is 0 Å². The molecule has 2 aromatic rings. The monoisotopic (exact) mass is 312 g/mol. The van der Waals surface area contributed by atoms with Gasteiger partial charge in [0.05, 0.1) is 16.9 Å². The van der Waals surface area contributed by atoms with Crippen LogP contribution in [0.3, 0.4) is 0 Å².